The van der Waals surface area contributed by atoms with Gasteiger partial charge in [-0.05, 0) is 43.7 Å². The lowest BCUT2D eigenvalue weighted by Gasteiger charge is -2.14. The van der Waals surface area contributed by atoms with Crippen LogP contribution in [0.3, 0.4) is 0 Å². The molecule has 1 aromatic heterocycles. The van der Waals surface area contributed by atoms with Gasteiger partial charge in [-0.15, -0.1) is 0 Å². The molecule has 0 radical (unpaired) electrons. The summed E-state index contributed by atoms with van der Waals surface area (Å²) in [6, 6.07) is 9.37. The summed E-state index contributed by atoms with van der Waals surface area (Å²) in [4.78, 5) is 4.34. The van der Waals surface area contributed by atoms with Gasteiger partial charge < -0.3 is 15.2 Å². The van der Waals surface area contributed by atoms with E-state index in [0.29, 0.717) is 36.1 Å². The average molecular weight is 406 g/mol. The molecule has 0 fully saturated rings. The Hall–Kier alpha value is -3.07. The highest BCUT2D eigenvalue weighted by Crippen LogP contribution is 2.32. The molecule has 3 N–H and O–H groups in total. The number of halogens is 3. The maximum Gasteiger partial charge on any atom is 0.416 e. The molecule has 154 valence electrons. The number of alkyl halides is 3. The fourth-order valence-electron chi connectivity index (χ4n) is 2.77. The van der Waals surface area contributed by atoms with Gasteiger partial charge in [-0.1, -0.05) is 18.2 Å². The normalized spacial score (nSPS) is 12.6. The first kappa shape index (κ1) is 20.7. The Morgan fingerprint density at radius 1 is 1.00 bits per heavy atom. The van der Waals surface area contributed by atoms with Crippen molar-refractivity contribution < 1.29 is 22.6 Å². The highest BCUT2D eigenvalue weighted by Gasteiger charge is 2.30. The molecule has 0 aliphatic heterocycles. The van der Waals surface area contributed by atoms with E-state index in [0.717, 1.165) is 17.7 Å². The summed E-state index contributed by atoms with van der Waals surface area (Å²) >= 11 is 0. The van der Waals surface area contributed by atoms with Gasteiger partial charge in [0.2, 0.25) is 0 Å². The zero-order chi connectivity index (χ0) is 21.0. The number of benzene rings is 2. The third kappa shape index (κ3) is 4.68. The van der Waals surface area contributed by atoms with Crippen LogP contribution < -0.4 is 15.2 Å². The topological polar surface area (TPSA) is 86.0 Å². The van der Waals surface area contributed by atoms with E-state index in [1.165, 1.54) is 12.1 Å². The average Bonchev–Trinajstić information content (AvgIpc) is 3.19. The molecular weight excluding hydrogens is 385 g/mol. The SMILES string of the molecule is CCOc1ccc(C(N)c2nc(-c3ccc(C(F)(F)F)cc3)n[nH]2)cc1OCC. The zero-order valence-corrected chi connectivity index (χ0v) is 16.0. The smallest absolute Gasteiger partial charge is 0.416 e. The number of hydrogen-bond donors (Lipinski definition) is 2. The summed E-state index contributed by atoms with van der Waals surface area (Å²) in [6.45, 7) is 4.73. The Bertz CT molecular complexity index is 955. The molecule has 1 heterocycles. The Kier molecular flexibility index (Phi) is 6.07. The molecule has 0 bridgehead atoms. The van der Waals surface area contributed by atoms with Crippen LogP contribution >= 0.6 is 0 Å². The van der Waals surface area contributed by atoms with Crippen LogP contribution in [0, 0.1) is 0 Å². The second-order valence-corrected chi connectivity index (χ2v) is 6.17. The first-order valence-electron chi connectivity index (χ1n) is 9.08. The zero-order valence-electron chi connectivity index (χ0n) is 16.0. The number of nitrogens with one attached hydrogen (secondary N) is 1. The quantitative estimate of drug-likeness (QED) is 0.610. The molecule has 6 nitrogen and oxygen atoms in total. The van der Waals surface area contributed by atoms with Crippen molar-refractivity contribution in [2.24, 2.45) is 5.73 Å². The largest absolute Gasteiger partial charge is 0.490 e. The predicted octanol–water partition coefficient (Wildman–Crippen LogP) is 4.34. The van der Waals surface area contributed by atoms with E-state index in [1.54, 1.807) is 18.2 Å². The van der Waals surface area contributed by atoms with Gasteiger partial charge in [0.15, 0.2) is 17.3 Å². The highest BCUT2D eigenvalue weighted by atomic mass is 19.4. The molecule has 3 rings (SSSR count). The number of nitrogens with zero attached hydrogens (tertiary/aromatic N) is 2. The maximum absolute atomic E-state index is 12.7. The molecule has 0 spiro atoms. The Balaban J connectivity index is 1.83. The summed E-state index contributed by atoms with van der Waals surface area (Å²) in [5.74, 6) is 1.84. The van der Waals surface area contributed by atoms with Crippen molar-refractivity contribution in [3.63, 3.8) is 0 Å². The number of nitrogens with two attached hydrogens (primary N) is 1. The van der Waals surface area contributed by atoms with Crippen LogP contribution in [0.25, 0.3) is 11.4 Å². The van der Waals surface area contributed by atoms with Gasteiger partial charge >= 0.3 is 6.18 Å². The molecule has 2 aromatic carbocycles. The minimum absolute atomic E-state index is 0.264. The molecule has 9 heteroatoms. The van der Waals surface area contributed by atoms with Crippen molar-refractivity contribution in [3.05, 3.63) is 59.4 Å². The Labute approximate surface area is 165 Å². The van der Waals surface area contributed by atoms with Crippen LogP contribution in [-0.2, 0) is 6.18 Å². The number of hydrogen-bond acceptors (Lipinski definition) is 5. The van der Waals surface area contributed by atoms with Crippen LogP contribution in [0.1, 0.15) is 36.8 Å². The molecule has 29 heavy (non-hydrogen) atoms. The highest BCUT2D eigenvalue weighted by molar-refractivity contribution is 5.55. The fourth-order valence-corrected chi connectivity index (χ4v) is 2.77. The summed E-state index contributed by atoms with van der Waals surface area (Å²) < 4.78 is 49.3. The molecule has 0 saturated carbocycles. The van der Waals surface area contributed by atoms with E-state index in [1.807, 2.05) is 13.8 Å². The van der Waals surface area contributed by atoms with Crippen molar-refractivity contribution >= 4 is 0 Å². The first-order valence-corrected chi connectivity index (χ1v) is 9.08. The van der Waals surface area contributed by atoms with Crippen LogP contribution in [0.4, 0.5) is 13.2 Å². The molecular formula is C20H21F3N4O2. The number of H-pyrrole nitrogens is 1. The van der Waals surface area contributed by atoms with Gasteiger partial charge in [0.1, 0.15) is 5.82 Å². The second-order valence-electron chi connectivity index (χ2n) is 6.17. The monoisotopic (exact) mass is 406 g/mol. The molecule has 0 saturated heterocycles. The van der Waals surface area contributed by atoms with Gasteiger partial charge in [0.05, 0.1) is 24.8 Å². The van der Waals surface area contributed by atoms with Gasteiger partial charge in [-0.3, -0.25) is 5.10 Å². The van der Waals surface area contributed by atoms with E-state index in [9.17, 15) is 13.2 Å². The van der Waals surface area contributed by atoms with E-state index in [4.69, 9.17) is 15.2 Å². The number of aromatic amines is 1. The first-order chi connectivity index (χ1) is 13.8. The van der Waals surface area contributed by atoms with Gasteiger partial charge in [-0.25, -0.2) is 4.98 Å². The van der Waals surface area contributed by atoms with Crippen molar-refractivity contribution in [2.75, 3.05) is 13.2 Å². The number of ether oxygens (including phenoxy) is 2. The third-order valence-electron chi connectivity index (χ3n) is 4.19. The lowest BCUT2D eigenvalue weighted by molar-refractivity contribution is -0.137. The number of aromatic nitrogens is 3. The minimum Gasteiger partial charge on any atom is -0.490 e. The van der Waals surface area contributed by atoms with E-state index >= 15 is 0 Å². The van der Waals surface area contributed by atoms with Crippen LogP contribution in [0.5, 0.6) is 11.5 Å². The second kappa shape index (κ2) is 8.52. The Morgan fingerprint density at radius 3 is 2.28 bits per heavy atom. The van der Waals surface area contributed by atoms with E-state index in [2.05, 4.69) is 15.2 Å². The van der Waals surface area contributed by atoms with Gasteiger partial charge in [-0.2, -0.15) is 18.3 Å². The fraction of sp³-hybridized carbons (Fsp3) is 0.300. The number of rotatable bonds is 7. The maximum atomic E-state index is 12.7. The standard InChI is InChI=1S/C20H21F3N4O2/c1-3-28-15-10-7-13(11-16(15)29-4-2)17(24)19-25-18(26-27-19)12-5-8-14(9-6-12)20(21,22)23/h5-11,17H,3-4,24H2,1-2H3,(H,25,26,27). The summed E-state index contributed by atoms with van der Waals surface area (Å²) in [5.41, 5.74) is 6.75. The molecule has 0 aliphatic rings. The third-order valence-corrected chi connectivity index (χ3v) is 4.19. The van der Waals surface area contributed by atoms with Crippen molar-refractivity contribution in [1.29, 1.82) is 0 Å². The molecule has 1 unspecified atom stereocenters. The summed E-state index contributed by atoms with van der Waals surface area (Å²) in [6.07, 6.45) is -4.39. The van der Waals surface area contributed by atoms with Gasteiger partial charge in [0.25, 0.3) is 0 Å². The molecule has 0 amide bonds. The minimum atomic E-state index is -4.39. The van der Waals surface area contributed by atoms with E-state index in [-0.39, 0.29) is 5.82 Å². The molecule has 3 aromatic rings. The van der Waals surface area contributed by atoms with Gasteiger partial charge in [0, 0.05) is 5.56 Å². The van der Waals surface area contributed by atoms with Crippen LogP contribution in [0.2, 0.25) is 0 Å². The van der Waals surface area contributed by atoms with Crippen LogP contribution in [-0.4, -0.2) is 28.4 Å². The summed E-state index contributed by atoms with van der Waals surface area (Å²) in [7, 11) is 0. The van der Waals surface area contributed by atoms with Crippen molar-refractivity contribution in [3.8, 4) is 22.9 Å². The lowest BCUT2D eigenvalue weighted by atomic mass is 10.1. The van der Waals surface area contributed by atoms with Crippen molar-refractivity contribution in [1.82, 2.24) is 15.2 Å². The Morgan fingerprint density at radius 2 is 1.66 bits per heavy atom. The van der Waals surface area contributed by atoms with Crippen molar-refractivity contribution in [2.45, 2.75) is 26.1 Å². The molecule has 0 aliphatic carbocycles. The van der Waals surface area contributed by atoms with Crippen LogP contribution in [0.15, 0.2) is 42.5 Å². The van der Waals surface area contributed by atoms with E-state index < -0.39 is 17.8 Å². The lowest BCUT2D eigenvalue weighted by Crippen LogP contribution is -2.14. The molecule has 1 atom stereocenters. The summed E-state index contributed by atoms with van der Waals surface area (Å²) in [5, 5.41) is 6.84. The predicted molar refractivity (Wildman–Crippen MR) is 102 cm³/mol.